The molecule has 1 atom stereocenters. The minimum absolute atomic E-state index is 0.469. The number of rotatable bonds is 5. The van der Waals surface area contributed by atoms with E-state index in [4.69, 9.17) is 4.74 Å². The van der Waals surface area contributed by atoms with Gasteiger partial charge in [-0.2, -0.15) is 13.2 Å². The van der Waals surface area contributed by atoms with Gasteiger partial charge in [-0.3, -0.25) is 0 Å². The summed E-state index contributed by atoms with van der Waals surface area (Å²) in [4.78, 5) is 0. The summed E-state index contributed by atoms with van der Waals surface area (Å²) in [5, 5.41) is 2.89. The molecular weight excluding hydrogens is 255 g/mol. The molecule has 0 amide bonds. The Hall–Kier alpha value is -1.23. The molecule has 0 aliphatic heterocycles. The lowest BCUT2D eigenvalue weighted by molar-refractivity contribution is -0.140. The minimum Gasteiger partial charge on any atom is -0.496 e. The van der Waals surface area contributed by atoms with Crippen LogP contribution >= 0.6 is 0 Å². The van der Waals surface area contributed by atoms with Crippen LogP contribution in [0.5, 0.6) is 5.75 Å². The Kier molecular flexibility index (Phi) is 5.23. The van der Waals surface area contributed by atoms with Crippen molar-refractivity contribution in [1.82, 2.24) is 5.32 Å². The second-order valence-electron chi connectivity index (χ2n) is 4.63. The molecule has 1 N–H and O–H groups in total. The van der Waals surface area contributed by atoms with Crippen LogP contribution in [-0.2, 0) is 0 Å². The number of ether oxygens (including phenoxy) is 1. The lowest BCUT2D eigenvalue weighted by atomic mass is 9.95. The van der Waals surface area contributed by atoms with Crippen LogP contribution in [0.15, 0.2) is 12.1 Å². The summed E-state index contributed by atoms with van der Waals surface area (Å²) in [7, 11) is 1.48. The molecule has 0 bridgehead atoms. The van der Waals surface area contributed by atoms with Crippen LogP contribution in [0.3, 0.4) is 0 Å². The molecule has 0 saturated heterocycles. The first-order valence-corrected chi connectivity index (χ1v) is 6.23. The molecule has 0 aliphatic carbocycles. The van der Waals surface area contributed by atoms with E-state index in [2.05, 4.69) is 5.32 Å². The van der Waals surface area contributed by atoms with E-state index in [9.17, 15) is 13.2 Å². The number of hydrogen-bond acceptors (Lipinski definition) is 2. The average Bonchev–Trinajstić information content (AvgIpc) is 2.25. The van der Waals surface area contributed by atoms with Crippen LogP contribution in [0.2, 0.25) is 0 Å². The Morgan fingerprint density at radius 3 is 2.37 bits per heavy atom. The zero-order valence-corrected chi connectivity index (χ0v) is 11.7. The Morgan fingerprint density at radius 1 is 1.26 bits per heavy atom. The molecule has 0 spiro atoms. The lowest BCUT2D eigenvalue weighted by Gasteiger charge is -2.24. The van der Waals surface area contributed by atoms with Crippen molar-refractivity contribution in [3.8, 4) is 5.75 Å². The van der Waals surface area contributed by atoms with Crippen molar-refractivity contribution in [3.05, 3.63) is 28.8 Å². The normalized spacial score (nSPS) is 13.4. The molecule has 19 heavy (non-hydrogen) atoms. The molecule has 2 nitrogen and oxygen atoms in total. The number of nitrogens with one attached hydrogen (secondary N) is 1. The van der Waals surface area contributed by atoms with Gasteiger partial charge < -0.3 is 10.1 Å². The summed E-state index contributed by atoms with van der Waals surface area (Å²) in [6.45, 7) is 5.97. The Bertz CT molecular complexity index is 429. The quantitative estimate of drug-likeness (QED) is 0.879. The van der Waals surface area contributed by atoms with E-state index in [1.54, 1.807) is 13.0 Å². The largest absolute Gasteiger partial charge is 0.496 e. The fraction of sp³-hybridized carbons (Fsp3) is 0.571. The maximum atomic E-state index is 12.7. The van der Waals surface area contributed by atoms with Gasteiger partial charge in [-0.05, 0) is 37.6 Å². The van der Waals surface area contributed by atoms with Crippen LogP contribution in [-0.4, -0.2) is 19.8 Å². The molecule has 108 valence electrons. The molecule has 1 unspecified atom stereocenters. The highest BCUT2D eigenvalue weighted by Crippen LogP contribution is 2.36. The van der Waals surface area contributed by atoms with Crippen molar-refractivity contribution in [1.29, 1.82) is 0 Å². The summed E-state index contributed by atoms with van der Waals surface area (Å²) < 4.78 is 43.3. The lowest BCUT2D eigenvalue weighted by Crippen LogP contribution is -2.27. The molecule has 1 aromatic rings. The van der Waals surface area contributed by atoms with Crippen molar-refractivity contribution in [3.63, 3.8) is 0 Å². The zero-order valence-electron chi connectivity index (χ0n) is 11.7. The smallest absolute Gasteiger partial charge is 0.390 e. The van der Waals surface area contributed by atoms with Crippen LogP contribution in [0.1, 0.15) is 36.1 Å². The zero-order chi connectivity index (χ0) is 14.6. The van der Waals surface area contributed by atoms with Crippen LogP contribution in [0, 0.1) is 13.8 Å². The van der Waals surface area contributed by atoms with Crippen LogP contribution in [0.4, 0.5) is 13.2 Å². The molecule has 5 heteroatoms. The monoisotopic (exact) mass is 275 g/mol. The number of hydrogen-bond donors (Lipinski definition) is 1. The van der Waals surface area contributed by atoms with E-state index in [0.717, 1.165) is 11.1 Å². The highest BCUT2D eigenvalue weighted by molar-refractivity contribution is 5.45. The third-order valence-electron chi connectivity index (χ3n) is 2.95. The fourth-order valence-electron chi connectivity index (χ4n) is 2.31. The molecule has 0 aliphatic rings. The number of halogens is 3. The topological polar surface area (TPSA) is 21.3 Å². The summed E-state index contributed by atoms with van der Waals surface area (Å²) >= 11 is 0. The number of alkyl halides is 3. The van der Waals surface area contributed by atoms with Gasteiger partial charge in [0.2, 0.25) is 0 Å². The highest BCUT2D eigenvalue weighted by atomic mass is 19.4. The molecule has 0 saturated carbocycles. The van der Waals surface area contributed by atoms with Crippen LogP contribution < -0.4 is 10.1 Å². The Balaban J connectivity index is 3.21. The summed E-state index contributed by atoms with van der Waals surface area (Å²) in [5.74, 6) is 0.507. The van der Waals surface area contributed by atoms with Crippen molar-refractivity contribution in [2.45, 2.75) is 39.4 Å². The first-order chi connectivity index (χ1) is 8.78. The molecule has 0 heterocycles. The van der Waals surface area contributed by atoms with Gasteiger partial charge in [0.25, 0.3) is 0 Å². The summed E-state index contributed by atoms with van der Waals surface area (Å²) in [6.07, 6.45) is -5.11. The van der Waals surface area contributed by atoms with Crippen molar-refractivity contribution in [2.75, 3.05) is 13.7 Å². The molecule has 1 aromatic carbocycles. The van der Waals surface area contributed by atoms with Crippen molar-refractivity contribution < 1.29 is 17.9 Å². The summed E-state index contributed by atoms with van der Waals surface area (Å²) in [5.41, 5.74) is 2.37. The maximum Gasteiger partial charge on any atom is 0.390 e. The Labute approximate surface area is 112 Å². The van der Waals surface area contributed by atoms with Gasteiger partial charge in [0.05, 0.1) is 13.5 Å². The third-order valence-corrected chi connectivity index (χ3v) is 2.95. The van der Waals surface area contributed by atoms with Crippen molar-refractivity contribution in [2.24, 2.45) is 0 Å². The van der Waals surface area contributed by atoms with Gasteiger partial charge >= 0.3 is 6.18 Å². The second kappa shape index (κ2) is 6.28. The van der Waals surface area contributed by atoms with Gasteiger partial charge in [-0.25, -0.2) is 0 Å². The number of benzene rings is 1. The second-order valence-corrected chi connectivity index (χ2v) is 4.63. The van der Waals surface area contributed by atoms with E-state index in [1.165, 1.54) is 7.11 Å². The van der Waals surface area contributed by atoms with Gasteiger partial charge in [0, 0.05) is 11.6 Å². The molecular formula is C14H20F3NO. The highest BCUT2D eigenvalue weighted by Gasteiger charge is 2.34. The molecule has 1 rings (SSSR count). The van der Waals surface area contributed by atoms with Crippen molar-refractivity contribution >= 4 is 0 Å². The van der Waals surface area contributed by atoms with Crippen LogP contribution in [0.25, 0.3) is 0 Å². The van der Waals surface area contributed by atoms with Gasteiger partial charge in [-0.1, -0.05) is 13.0 Å². The van der Waals surface area contributed by atoms with Gasteiger partial charge in [0.15, 0.2) is 0 Å². The predicted octanol–water partition coefficient (Wildman–Crippen LogP) is 3.92. The van der Waals surface area contributed by atoms with E-state index in [1.807, 2.05) is 19.9 Å². The SMILES string of the molecule is CCNC(CC(F)(F)F)c1c(C)cc(C)cc1OC. The van der Waals surface area contributed by atoms with E-state index < -0.39 is 18.6 Å². The van der Waals surface area contributed by atoms with E-state index >= 15 is 0 Å². The van der Waals surface area contributed by atoms with E-state index in [-0.39, 0.29) is 0 Å². The first-order valence-electron chi connectivity index (χ1n) is 6.23. The van der Waals surface area contributed by atoms with Gasteiger partial charge in [0.1, 0.15) is 5.75 Å². The maximum absolute atomic E-state index is 12.7. The third kappa shape index (κ3) is 4.42. The molecule has 0 fully saturated rings. The number of aryl methyl sites for hydroxylation is 2. The molecule has 0 radical (unpaired) electrons. The Morgan fingerprint density at radius 2 is 1.89 bits per heavy atom. The van der Waals surface area contributed by atoms with E-state index in [0.29, 0.717) is 17.9 Å². The standard InChI is InChI=1S/C14H20F3NO/c1-5-18-11(8-14(15,16)17)13-10(3)6-9(2)7-12(13)19-4/h6-7,11,18H,5,8H2,1-4H3. The van der Waals surface area contributed by atoms with Gasteiger partial charge in [-0.15, -0.1) is 0 Å². The average molecular weight is 275 g/mol. The summed E-state index contributed by atoms with van der Waals surface area (Å²) in [6, 6.07) is 2.86. The first kappa shape index (κ1) is 15.8. The molecule has 0 aromatic heterocycles. The minimum atomic E-state index is -4.21. The fourth-order valence-corrected chi connectivity index (χ4v) is 2.31. The number of methoxy groups -OCH3 is 1. The predicted molar refractivity (Wildman–Crippen MR) is 69.6 cm³/mol.